The standard InChI is InChI=1S/C21H31N7O2/c1-16-15-17(2)28(23-16)19-6-7-20(29)27(24-19)14-11-25-9-12-26(13-10-25)18-5-3-4-8-22-21(18)30/h6-7,15,18H,3-5,8-14H2,1-2H3,(H,22,30). The van der Waals surface area contributed by atoms with E-state index in [9.17, 15) is 9.59 Å². The Bertz CT molecular complexity index is 943. The number of aryl methyl sites for hydroxylation is 2. The van der Waals surface area contributed by atoms with E-state index >= 15 is 0 Å². The molecule has 0 radical (unpaired) electrons. The molecule has 1 unspecified atom stereocenters. The second kappa shape index (κ2) is 9.09. The topological polar surface area (TPSA) is 88.3 Å². The second-order valence-corrected chi connectivity index (χ2v) is 8.27. The average Bonchev–Trinajstić information content (AvgIpc) is 2.93. The van der Waals surface area contributed by atoms with Crippen molar-refractivity contribution in [3.8, 4) is 5.82 Å². The summed E-state index contributed by atoms with van der Waals surface area (Å²) in [5.74, 6) is 0.835. The van der Waals surface area contributed by atoms with Crippen LogP contribution in [0.2, 0.25) is 0 Å². The van der Waals surface area contributed by atoms with Crippen LogP contribution in [0.4, 0.5) is 0 Å². The van der Waals surface area contributed by atoms with Gasteiger partial charge in [0.15, 0.2) is 5.82 Å². The zero-order valence-electron chi connectivity index (χ0n) is 17.9. The van der Waals surface area contributed by atoms with Gasteiger partial charge in [0, 0.05) is 51.0 Å². The minimum Gasteiger partial charge on any atom is -0.355 e. The molecule has 4 rings (SSSR count). The summed E-state index contributed by atoms with van der Waals surface area (Å²) in [5.41, 5.74) is 1.81. The van der Waals surface area contributed by atoms with Crippen LogP contribution in [0.5, 0.6) is 0 Å². The minimum absolute atomic E-state index is 0.0105. The molecule has 1 N–H and O–H groups in total. The number of nitrogens with one attached hydrogen (secondary N) is 1. The van der Waals surface area contributed by atoms with Crippen molar-refractivity contribution >= 4 is 5.91 Å². The van der Waals surface area contributed by atoms with E-state index in [1.54, 1.807) is 16.8 Å². The Morgan fingerprint density at radius 2 is 1.83 bits per heavy atom. The molecule has 2 fully saturated rings. The van der Waals surface area contributed by atoms with Gasteiger partial charge in [-0.05, 0) is 45.2 Å². The monoisotopic (exact) mass is 413 g/mol. The van der Waals surface area contributed by atoms with Crippen LogP contribution >= 0.6 is 0 Å². The molecule has 9 heteroatoms. The summed E-state index contributed by atoms with van der Waals surface area (Å²) >= 11 is 0. The van der Waals surface area contributed by atoms with Gasteiger partial charge in [-0.3, -0.25) is 19.4 Å². The van der Waals surface area contributed by atoms with E-state index in [0.717, 1.165) is 69.9 Å². The van der Waals surface area contributed by atoms with E-state index in [4.69, 9.17) is 0 Å². The third-order valence-corrected chi connectivity index (χ3v) is 6.06. The molecule has 0 spiro atoms. The maximum Gasteiger partial charge on any atom is 0.266 e. The van der Waals surface area contributed by atoms with Gasteiger partial charge < -0.3 is 5.32 Å². The van der Waals surface area contributed by atoms with Gasteiger partial charge in [-0.1, -0.05) is 0 Å². The van der Waals surface area contributed by atoms with Crippen LogP contribution in [0.25, 0.3) is 5.82 Å². The molecule has 0 saturated carbocycles. The molecule has 4 heterocycles. The number of aromatic nitrogens is 4. The molecule has 2 aromatic rings. The van der Waals surface area contributed by atoms with E-state index < -0.39 is 0 Å². The van der Waals surface area contributed by atoms with Crippen LogP contribution in [-0.2, 0) is 11.3 Å². The largest absolute Gasteiger partial charge is 0.355 e. The summed E-state index contributed by atoms with van der Waals surface area (Å²) in [6.07, 6.45) is 3.12. The van der Waals surface area contributed by atoms with Crippen LogP contribution < -0.4 is 10.9 Å². The molecule has 2 aliphatic heterocycles. The number of carbonyl (C=O) groups excluding carboxylic acids is 1. The Balaban J connectivity index is 1.34. The number of rotatable bonds is 5. The highest BCUT2D eigenvalue weighted by molar-refractivity contribution is 5.81. The minimum atomic E-state index is -0.103. The van der Waals surface area contributed by atoms with E-state index in [0.29, 0.717) is 12.4 Å². The molecule has 0 aromatic carbocycles. The zero-order valence-corrected chi connectivity index (χ0v) is 17.9. The highest BCUT2D eigenvalue weighted by Crippen LogP contribution is 2.15. The van der Waals surface area contributed by atoms with Gasteiger partial charge in [-0.25, -0.2) is 9.36 Å². The predicted octanol–water partition coefficient (Wildman–Crippen LogP) is 0.332. The number of amides is 1. The van der Waals surface area contributed by atoms with Crippen LogP contribution in [0, 0.1) is 13.8 Å². The second-order valence-electron chi connectivity index (χ2n) is 8.27. The van der Waals surface area contributed by atoms with Crippen molar-refractivity contribution in [3.63, 3.8) is 0 Å². The third-order valence-electron chi connectivity index (χ3n) is 6.06. The van der Waals surface area contributed by atoms with E-state index in [1.807, 2.05) is 19.9 Å². The van der Waals surface area contributed by atoms with Gasteiger partial charge in [-0.2, -0.15) is 5.10 Å². The lowest BCUT2D eigenvalue weighted by Crippen LogP contribution is -2.54. The normalized spacial score (nSPS) is 21.4. The third kappa shape index (κ3) is 4.62. The fourth-order valence-electron chi connectivity index (χ4n) is 4.38. The molecule has 0 aliphatic carbocycles. The van der Waals surface area contributed by atoms with Crippen molar-refractivity contribution in [1.29, 1.82) is 0 Å². The Morgan fingerprint density at radius 1 is 1.03 bits per heavy atom. The smallest absolute Gasteiger partial charge is 0.266 e. The van der Waals surface area contributed by atoms with Crippen LogP contribution in [-0.4, -0.2) is 80.6 Å². The molecule has 1 atom stereocenters. The molecule has 2 aliphatic rings. The number of nitrogens with zero attached hydrogens (tertiary/aromatic N) is 6. The summed E-state index contributed by atoms with van der Waals surface area (Å²) in [7, 11) is 0. The van der Waals surface area contributed by atoms with Crippen molar-refractivity contribution in [2.45, 2.75) is 45.7 Å². The lowest BCUT2D eigenvalue weighted by molar-refractivity contribution is -0.126. The van der Waals surface area contributed by atoms with Gasteiger partial charge in [0.1, 0.15) is 0 Å². The summed E-state index contributed by atoms with van der Waals surface area (Å²) in [6.45, 7) is 9.58. The van der Waals surface area contributed by atoms with E-state index in [2.05, 4.69) is 25.3 Å². The van der Waals surface area contributed by atoms with Gasteiger partial charge in [-0.15, -0.1) is 5.10 Å². The van der Waals surface area contributed by atoms with Crippen molar-refractivity contribution < 1.29 is 4.79 Å². The molecular formula is C21H31N7O2. The van der Waals surface area contributed by atoms with Gasteiger partial charge in [0.05, 0.1) is 18.3 Å². The highest BCUT2D eigenvalue weighted by atomic mass is 16.2. The summed E-state index contributed by atoms with van der Waals surface area (Å²) in [6, 6.07) is 5.28. The summed E-state index contributed by atoms with van der Waals surface area (Å²) < 4.78 is 3.29. The fourth-order valence-corrected chi connectivity index (χ4v) is 4.38. The molecule has 30 heavy (non-hydrogen) atoms. The lowest BCUT2D eigenvalue weighted by Gasteiger charge is -2.38. The number of piperazine rings is 1. The first kappa shape index (κ1) is 20.7. The van der Waals surface area contributed by atoms with Crippen molar-refractivity contribution in [1.82, 2.24) is 34.7 Å². The van der Waals surface area contributed by atoms with Crippen LogP contribution in [0.1, 0.15) is 30.7 Å². The first-order valence-electron chi connectivity index (χ1n) is 10.9. The number of hydrogen-bond donors (Lipinski definition) is 1. The van der Waals surface area contributed by atoms with Crippen molar-refractivity contribution in [2.24, 2.45) is 0 Å². The van der Waals surface area contributed by atoms with Crippen molar-refractivity contribution in [3.05, 3.63) is 39.9 Å². The SMILES string of the molecule is Cc1cc(C)n(-c2ccc(=O)n(CCN3CCN(C4CCCCNC4=O)CC3)n2)n1. The average molecular weight is 414 g/mol. The maximum atomic E-state index is 12.3. The number of hydrogen-bond acceptors (Lipinski definition) is 6. The van der Waals surface area contributed by atoms with Gasteiger partial charge >= 0.3 is 0 Å². The lowest BCUT2D eigenvalue weighted by atomic mass is 10.1. The summed E-state index contributed by atoms with van der Waals surface area (Å²) in [4.78, 5) is 29.2. The maximum absolute atomic E-state index is 12.3. The Kier molecular flexibility index (Phi) is 6.29. The molecule has 162 valence electrons. The van der Waals surface area contributed by atoms with Crippen molar-refractivity contribution in [2.75, 3.05) is 39.3 Å². The molecule has 2 saturated heterocycles. The Labute approximate surface area is 176 Å². The molecular weight excluding hydrogens is 382 g/mol. The van der Waals surface area contributed by atoms with Gasteiger partial charge in [0.25, 0.3) is 5.56 Å². The number of carbonyl (C=O) groups is 1. The molecule has 2 aromatic heterocycles. The highest BCUT2D eigenvalue weighted by Gasteiger charge is 2.29. The van der Waals surface area contributed by atoms with Gasteiger partial charge in [0.2, 0.25) is 5.91 Å². The Hall–Kier alpha value is -2.52. The van der Waals surface area contributed by atoms with E-state index in [1.165, 1.54) is 4.68 Å². The zero-order chi connectivity index (χ0) is 21.1. The first-order chi connectivity index (χ1) is 14.5. The first-order valence-corrected chi connectivity index (χ1v) is 10.9. The quantitative estimate of drug-likeness (QED) is 0.760. The summed E-state index contributed by atoms with van der Waals surface area (Å²) in [5, 5.41) is 12.0. The molecule has 9 nitrogen and oxygen atoms in total. The van der Waals surface area contributed by atoms with E-state index in [-0.39, 0.29) is 17.5 Å². The molecule has 0 bridgehead atoms. The Morgan fingerprint density at radius 3 is 2.57 bits per heavy atom. The van der Waals surface area contributed by atoms with Crippen LogP contribution in [0.3, 0.4) is 0 Å². The fraction of sp³-hybridized carbons (Fsp3) is 0.619. The van der Waals surface area contributed by atoms with Crippen LogP contribution in [0.15, 0.2) is 23.0 Å². The predicted molar refractivity (Wildman–Crippen MR) is 114 cm³/mol. The molecule has 1 amide bonds.